The molecule has 2 rings (SSSR count). The molecule has 5 heteroatoms. The Bertz CT molecular complexity index is 649. The van der Waals surface area contributed by atoms with Crippen molar-refractivity contribution < 1.29 is 9.63 Å². The van der Waals surface area contributed by atoms with E-state index >= 15 is 0 Å². The topological polar surface area (TPSA) is 64.7 Å². The molecule has 0 amide bonds. The lowest BCUT2D eigenvalue weighted by molar-refractivity contribution is -0.142. The van der Waals surface area contributed by atoms with Crippen LogP contribution in [0, 0.1) is 6.92 Å². The number of oxime groups is 1. The molecule has 108 valence electrons. The number of benzene rings is 2. The first-order chi connectivity index (χ1) is 10.0. The van der Waals surface area contributed by atoms with E-state index in [4.69, 9.17) is 22.2 Å². The fraction of sp³-hybridized carbons (Fsp3) is 0.125. The Morgan fingerprint density at radius 3 is 2.38 bits per heavy atom. The van der Waals surface area contributed by atoms with Crippen LogP contribution in [0.4, 0.5) is 0 Å². The summed E-state index contributed by atoms with van der Waals surface area (Å²) in [5, 5.41) is 4.24. The van der Waals surface area contributed by atoms with Gasteiger partial charge in [0.15, 0.2) is 5.84 Å². The van der Waals surface area contributed by atoms with Crippen LogP contribution in [0.5, 0.6) is 0 Å². The minimum absolute atomic E-state index is 0.129. The van der Waals surface area contributed by atoms with E-state index < -0.39 is 5.97 Å². The second-order valence-electron chi connectivity index (χ2n) is 4.61. The number of aryl methyl sites for hydroxylation is 1. The normalized spacial score (nSPS) is 11.2. The average Bonchev–Trinajstić information content (AvgIpc) is 2.48. The van der Waals surface area contributed by atoms with Crippen LogP contribution >= 0.6 is 11.6 Å². The van der Waals surface area contributed by atoms with E-state index in [1.807, 2.05) is 31.2 Å². The van der Waals surface area contributed by atoms with Gasteiger partial charge in [-0.05, 0) is 36.8 Å². The molecule has 0 aliphatic heterocycles. The summed E-state index contributed by atoms with van der Waals surface area (Å²) < 4.78 is 0. The van der Waals surface area contributed by atoms with E-state index in [9.17, 15) is 4.79 Å². The van der Waals surface area contributed by atoms with Gasteiger partial charge in [0.05, 0.1) is 6.42 Å². The van der Waals surface area contributed by atoms with Crippen LogP contribution in [0.3, 0.4) is 0 Å². The summed E-state index contributed by atoms with van der Waals surface area (Å²) in [6, 6.07) is 14.4. The van der Waals surface area contributed by atoms with E-state index in [2.05, 4.69) is 5.16 Å². The molecule has 2 aromatic carbocycles. The van der Waals surface area contributed by atoms with Crippen molar-refractivity contribution >= 4 is 23.4 Å². The first-order valence-electron chi connectivity index (χ1n) is 6.39. The van der Waals surface area contributed by atoms with Gasteiger partial charge in [-0.1, -0.05) is 46.6 Å². The van der Waals surface area contributed by atoms with Gasteiger partial charge < -0.3 is 10.6 Å². The van der Waals surface area contributed by atoms with E-state index in [1.54, 1.807) is 24.3 Å². The van der Waals surface area contributed by atoms with Gasteiger partial charge in [0.1, 0.15) is 0 Å². The van der Waals surface area contributed by atoms with E-state index in [0.717, 1.165) is 11.1 Å². The highest BCUT2D eigenvalue weighted by atomic mass is 35.5. The Morgan fingerprint density at radius 2 is 1.76 bits per heavy atom. The molecule has 2 N–H and O–H groups in total. The van der Waals surface area contributed by atoms with Gasteiger partial charge >= 0.3 is 5.97 Å². The van der Waals surface area contributed by atoms with Crippen molar-refractivity contribution in [2.45, 2.75) is 13.3 Å². The smallest absolute Gasteiger partial charge is 0.339 e. The number of nitrogens with zero attached hydrogens (tertiary/aromatic N) is 1. The maximum atomic E-state index is 11.7. The van der Waals surface area contributed by atoms with Crippen LogP contribution in [0.15, 0.2) is 53.7 Å². The number of carbonyl (C=O) groups is 1. The van der Waals surface area contributed by atoms with Crippen molar-refractivity contribution in [1.82, 2.24) is 0 Å². The molecule has 0 aliphatic rings. The van der Waals surface area contributed by atoms with Gasteiger partial charge in [-0.2, -0.15) is 0 Å². The zero-order valence-electron chi connectivity index (χ0n) is 11.5. The number of halogens is 1. The standard InChI is InChI=1S/C16H15ClN2O2/c1-11-2-4-12(5-3-11)10-15(20)21-19-16(18)13-6-8-14(17)9-7-13/h2-9H,10H2,1H3,(H2,18,19). The van der Waals surface area contributed by atoms with Crippen molar-refractivity contribution in [1.29, 1.82) is 0 Å². The van der Waals surface area contributed by atoms with Crippen molar-refractivity contribution in [3.05, 3.63) is 70.2 Å². The van der Waals surface area contributed by atoms with Crippen LogP contribution < -0.4 is 5.73 Å². The average molecular weight is 303 g/mol. The van der Waals surface area contributed by atoms with Gasteiger partial charge in [-0.3, -0.25) is 0 Å². The maximum Gasteiger partial charge on any atom is 0.339 e. The summed E-state index contributed by atoms with van der Waals surface area (Å²) in [6.45, 7) is 1.99. The third-order valence-corrected chi connectivity index (χ3v) is 3.11. The Balaban J connectivity index is 1.94. The lowest BCUT2D eigenvalue weighted by Crippen LogP contribution is -2.15. The van der Waals surface area contributed by atoms with Crippen molar-refractivity contribution in [3.8, 4) is 0 Å². The molecule has 0 aromatic heterocycles. The molecular weight excluding hydrogens is 288 g/mol. The second-order valence-corrected chi connectivity index (χ2v) is 5.05. The van der Waals surface area contributed by atoms with Crippen molar-refractivity contribution in [3.63, 3.8) is 0 Å². The zero-order chi connectivity index (χ0) is 15.2. The lowest BCUT2D eigenvalue weighted by atomic mass is 10.1. The highest BCUT2D eigenvalue weighted by molar-refractivity contribution is 6.30. The Kier molecular flexibility index (Phi) is 4.95. The summed E-state index contributed by atoms with van der Waals surface area (Å²) in [5.74, 6) is -0.334. The van der Waals surface area contributed by atoms with Gasteiger partial charge in [0, 0.05) is 10.6 Å². The van der Waals surface area contributed by atoms with E-state index in [-0.39, 0.29) is 12.3 Å². The number of hydrogen-bond donors (Lipinski definition) is 1. The fourth-order valence-corrected chi connectivity index (χ4v) is 1.80. The fourth-order valence-electron chi connectivity index (χ4n) is 1.68. The molecule has 0 spiro atoms. The predicted octanol–water partition coefficient (Wildman–Crippen LogP) is 3.05. The molecule has 0 fully saturated rings. The summed E-state index contributed by atoms with van der Waals surface area (Å²) in [7, 11) is 0. The molecule has 0 radical (unpaired) electrons. The van der Waals surface area contributed by atoms with Crippen LogP contribution in [-0.2, 0) is 16.1 Å². The summed E-state index contributed by atoms with van der Waals surface area (Å²) in [6.07, 6.45) is 0.150. The first-order valence-corrected chi connectivity index (χ1v) is 6.77. The SMILES string of the molecule is Cc1ccc(CC(=O)O/N=C(\N)c2ccc(Cl)cc2)cc1. The predicted molar refractivity (Wildman–Crippen MR) is 83.2 cm³/mol. The number of carbonyl (C=O) groups excluding carboxylic acids is 1. The zero-order valence-corrected chi connectivity index (χ0v) is 12.3. The molecule has 21 heavy (non-hydrogen) atoms. The Morgan fingerprint density at radius 1 is 1.14 bits per heavy atom. The van der Waals surface area contributed by atoms with Crippen molar-refractivity contribution in [2.75, 3.05) is 0 Å². The van der Waals surface area contributed by atoms with Crippen LogP contribution in [0.25, 0.3) is 0 Å². The van der Waals surface area contributed by atoms with Gasteiger partial charge in [-0.25, -0.2) is 4.79 Å². The number of rotatable bonds is 4. The first kappa shape index (κ1) is 15.1. The Labute approximate surface area is 128 Å². The molecule has 0 unspecified atom stereocenters. The third-order valence-electron chi connectivity index (χ3n) is 2.85. The maximum absolute atomic E-state index is 11.7. The highest BCUT2D eigenvalue weighted by Gasteiger charge is 2.06. The summed E-state index contributed by atoms with van der Waals surface area (Å²) in [5.41, 5.74) is 8.38. The largest absolute Gasteiger partial charge is 0.380 e. The van der Waals surface area contributed by atoms with E-state index in [1.165, 1.54) is 0 Å². The van der Waals surface area contributed by atoms with Crippen LogP contribution in [-0.4, -0.2) is 11.8 Å². The number of amidine groups is 1. The van der Waals surface area contributed by atoms with Crippen molar-refractivity contribution in [2.24, 2.45) is 10.9 Å². The number of nitrogens with two attached hydrogens (primary N) is 1. The highest BCUT2D eigenvalue weighted by Crippen LogP contribution is 2.09. The third kappa shape index (κ3) is 4.61. The molecule has 0 atom stereocenters. The molecule has 4 nitrogen and oxygen atoms in total. The Hall–Kier alpha value is -2.33. The van der Waals surface area contributed by atoms with Gasteiger partial charge in [-0.15, -0.1) is 0 Å². The summed E-state index contributed by atoms with van der Waals surface area (Å²) >= 11 is 5.78. The van der Waals surface area contributed by atoms with E-state index in [0.29, 0.717) is 10.6 Å². The minimum atomic E-state index is -0.462. The number of hydrogen-bond acceptors (Lipinski definition) is 3. The van der Waals surface area contributed by atoms with Crippen LogP contribution in [0.2, 0.25) is 5.02 Å². The minimum Gasteiger partial charge on any atom is -0.380 e. The summed E-state index contributed by atoms with van der Waals surface area (Å²) in [4.78, 5) is 16.5. The monoisotopic (exact) mass is 302 g/mol. The molecule has 2 aromatic rings. The molecule has 0 saturated heterocycles. The molecule has 0 bridgehead atoms. The quantitative estimate of drug-likeness (QED) is 0.408. The van der Waals surface area contributed by atoms with Crippen LogP contribution in [0.1, 0.15) is 16.7 Å². The molecule has 0 saturated carbocycles. The second kappa shape index (κ2) is 6.90. The lowest BCUT2D eigenvalue weighted by Gasteiger charge is -2.02. The molecular formula is C16H15ClN2O2. The van der Waals surface area contributed by atoms with Gasteiger partial charge in [0.25, 0.3) is 0 Å². The molecule has 0 heterocycles. The van der Waals surface area contributed by atoms with Gasteiger partial charge in [0.2, 0.25) is 0 Å². The molecule has 0 aliphatic carbocycles.